The molecule has 5 bridgehead atoms. The fraction of sp³-hybridized carbons (Fsp3) is 0.350. The van der Waals surface area contributed by atoms with E-state index in [0.29, 0.717) is 22.0 Å². The van der Waals surface area contributed by atoms with Gasteiger partial charge in [-0.15, -0.1) is 0 Å². The van der Waals surface area contributed by atoms with Gasteiger partial charge in [-0.2, -0.15) is 0 Å². The normalized spacial score (nSPS) is 30.8. The lowest BCUT2D eigenvalue weighted by Crippen LogP contribution is -2.56. The van der Waals surface area contributed by atoms with Crippen LogP contribution in [0.3, 0.4) is 0 Å². The number of allylic oxidation sites excluding steroid dienone is 1. The van der Waals surface area contributed by atoms with Crippen LogP contribution in [0.5, 0.6) is 0 Å². The number of esters is 1. The van der Waals surface area contributed by atoms with Crippen molar-refractivity contribution < 1.29 is 33.8 Å². The van der Waals surface area contributed by atoms with Crippen LogP contribution in [0.15, 0.2) is 114 Å². The lowest BCUT2D eigenvalue weighted by atomic mass is 9.74. The number of hydrogen-bond acceptors (Lipinski definition) is 7. The number of likely N-dealkylation sites (tertiary alicyclic amines) is 1. The summed E-state index contributed by atoms with van der Waals surface area (Å²) in [6, 6.07) is 25.1. The Labute approximate surface area is 305 Å². The molecule has 11 heteroatoms. The molecule has 3 aromatic rings. The number of aliphatic hydroxyl groups is 1. The molecule has 0 saturated carbocycles. The van der Waals surface area contributed by atoms with Crippen LogP contribution >= 0.6 is 15.9 Å². The first-order valence-corrected chi connectivity index (χ1v) is 18.1. The molecule has 1 spiro atoms. The highest BCUT2D eigenvalue weighted by molar-refractivity contribution is 9.11. The van der Waals surface area contributed by atoms with E-state index in [1.807, 2.05) is 91.0 Å². The van der Waals surface area contributed by atoms with Gasteiger partial charge in [0, 0.05) is 24.0 Å². The Morgan fingerprint density at radius 1 is 0.902 bits per heavy atom. The van der Waals surface area contributed by atoms with Crippen LogP contribution in [-0.4, -0.2) is 75.5 Å². The molecule has 3 aromatic carbocycles. The summed E-state index contributed by atoms with van der Waals surface area (Å²) in [6.45, 7) is 1.74. The Morgan fingerprint density at radius 2 is 1.57 bits per heavy atom. The molecule has 0 aliphatic carbocycles. The van der Waals surface area contributed by atoms with Crippen molar-refractivity contribution in [1.82, 2.24) is 15.1 Å². The standard InChI is InChI=1S/C40H40BrN3O7/c1-25-34(28-18-10-4-11-19-28)50-39(49)32-33-37(47)44(30(24-45)27-16-8-3-9-17-27)36(40(33)22-29(41)35(32)51-40)38(48)43(23-26-14-6-2-7-15-26)21-13-5-12-20-31(46)42-25/h2-11,13-19,22,25,30,32-36,45H,12,20-21,23-24H2,1H3,(H,42,46)/b13-5-/t25-,30-,32+,33-,34+,35+,36+,40-/m1/s1. The Bertz CT molecular complexity index is 1840. The summed E-state index contributed by atoms with van der Waals surface area (Å²) in [5.74, 6) is -3.99. The lowest BCUT2D eigenvalue weighted by molar-refractivity contribution is -0.162. The first-order valence-electron chi connectivity index (χ1n) is 17.3. The number of halogens is 1. The van der Waals surface area contributed by atoms with Crippen molar-refractivity contribution in [3.05, 3.63) is 130 Å². The first-order chi connectivity index (χ1) is 24.7. The molecule has 4 aliphatic rings. The average molecular weight is 755 g/mol. The van der Waals surface area contributed by atoms with Crippen molar-refractivity contribution in [3.8, 4) is 0 Å². The van der Waals surface area contributed by atoms with E-state index < -0.39 is 72.2 Å². The topological polar surface area (TPSA) is 125 Å². The Morgan fingerprint density at radius 3 is 2.25 bits per heavy atom. The predicted molar refractivity (Wildman–Crippen MR) is 192 cm³/mol. The molecule has 2 saturated heterocycles. The minimum Gasteiger partial charge on any atom is -0.455 e. The van der Waals surface area contributed by atoms with Crippen LogP contribution in [0.4, 0.5) is 0 Å². The Kier molecular flexibility index (Phi) is 9.96. The van der Waals surface area contributed by atoms with Gasteiger partial charge in [-0.05, 0) is 36.1 Å². The van der Waals surface area contributed by atoms with Crippen LogP contribution < -0.4 is 5.32 Å². The van der Waals surface area contributed by atoms with Crippen molar-refractivity contribution in [1.29, 1.82) is 0 Å². The highest BCUT2D eigenvalue weighted by atomic mass is 79.9. The van der Waals surface area contributed by atoms with Gasteiger partial charge < -0.3 is 29.7 Å². The van der Waals surface area contributed by atoms with Gasteiger partial charge in [-0.25, -0.2) is 0 Å². The van der Waals surface area contributed by atoms with Crippen LogP contribution in [0.1, 0.15) is 48.6 Å². The number of fused-ring (bicyclic) bond motifs is 2. The van der Waals surface area contributed by atoms with E-state index in [2.05, 4.69) is 21.2 Å². The summed E-state index contributed by atoms with van der Waals surface area (Å²) in [5, 5.41) is 13.9. The number of nitrogens with one attached hydrogen (secondary N) is 1. The largest absolute Gasteiger partial charge is 0.455 e. The lowest BCUT2D eigenvalue weighted by Gasteiger charge is -2.39. The number of cyclic esters (lactones) is 1. The van der Waals surface area contributed by atoms with E-state index >= 15 is 4.79 Å². The van der Waals surface area contributed by atoms with Gasteiger partial charge in [0.25, 0.3) is 0 Å². The molecule has 7 rings (SSSR count). The Hall–Kier alpha value is -4.58. The zero-order valence-electron chi connectivity index (χ0n) is 28.1. The van der Waals surface area contributed by atoms with E-state index in [1.54, 1.807) is 30.0 Å². The Balaban J connectivity index is 1.36. The number of benzene rings is 3. The highest BCUT2D eigenvalue weighted by Crippen LogP contribution is 2.60. The molecule has 0 unspecified atom stereocenters. The van der Waals surface area contributed by atoms with Crippen LogP contribution in [-0.2, 0) is 35.2 Å². The molecule has 4 heterocycles. The fourth-order valence-electron chi connectivity index (χ4n) is 8.02. The number of carbonyl (C=O) groups is 4. The molecule has 264 valence electrons. The number of carbonyl (C=O) groups excluding carboxylic acids is 4. The number of amides is 3. The zero-order valence-corrected chi connectivity index (χ0v) is 29.7. The molecule has 2 fully saturated rings. The third-order valence-electron chi connectivity index (χ3n) is 10.3. The van der Waals surface area contributed by atoms with Crippen LogP contribution in [0.2, 0.25) is 0 Å². The summed E-state index contributed by atoms with van der Waals surface area (Å²) in [6.07, 6.45) is 4.35. The number of hydrogen-bond donors (Lipinski definition) is 2. The van der Waals surface area contributed by atoms with E-state index in [9.17, 15) is 19.5 Å². The molecule has 0 aromatic heterocycles. The van der Waals surface area contributed by atoms with Crippen molar-refractivity contribution in [2.45, 2.75) is 62.2 Å². The fourth-order valence-corrected chi connectivity index (χ4v) is 8.76. The van der Waals surface area contributed by atoms with Gasteiger partial charge in [-0.1, -0.05) is 119 Å². The minimum absolute atomic E-state index is 0.190. The molecular weight excluding hydrogens is 714 g/mol. The van der Waals surface area contributed by atoms with Gasteiger partial charge >= 0.3 is 5.97 Å². The van der Waals surface area contributed by atoms with E-state index in [1.165, 1.54) is 4.90 Å². The van der Waals surface area contributed by atoms with E-state index in [0.717, 1.165) is 5.56 Å². The second-order valence-corrected chi connectivity index (χ2v) is 14.4. The molecule has 51 heavy (non-hydrogen) atoms. The summed E-state index contributed by atoms with van der Waals surface area (Å²) in [5.41, 5.74) is 0.674. The van der Waals surface area contributed by atoms with Gasteiger partial charge in [-0.3, -0.25) is 19.2 Å². The second-order valence-electron chi connectivity index (χ2n) is 13.5. The monoisotopic (exact) mass is 753 g/mol. The SMILES string of the molecule is C[C@H]1NC(=O)CC/C=C\CN(Cc2ccccc2)C(=O)[C@@H]2N([C@H](CO)c3ccccc3)C(=O)[C@H]3[C@H](C(=O)O[C@@H]1c1ccccc1)[C@H]1O[C@@]23C=C1Br. The highest BCUT2D eigenvalue weighted by Gasteiger charge is 2.75. The first kappa shape index (κ1) is 34.9. The average Bonchev–Trinajstić information content (AvgIpc) is 3.74. The molecule has 0 radical (unpaired) electrons. The number of aliphatic hydroxyl groups excluding tert-OH is 1. The van der Waals surface area contributed by atoms with E-state index in [4.69, 9.17) is 9.47 Å². The van der Waals surface area contributed by atoms with Crippen molar-refractivity contribution in [3.63, 3.8) is 0 Å². The summed E-state index contributed by atoms with van der Waals surface area (Å²) in [4.78, 5) is 60.8. The van der Waals surface area contributed by atoms with Gasteiger partial charge in [0.1, 0.15) is 29.8 Å². The predicted octanol–water partition coefficient (Wildman–Crippen LogP) is 4.76. The number of ether oxygens (including phenoxy) is 2. The van der Waals surface area contributed by atoms with Crippen LogP contribution in [0.25, 0.3) is 0 Å². The summed E-state index contributed by atoms with van der Waals surface area (Å²) < 4.78 is 13.5. The number of nitrogens with zero attached hydrogens (tertiary/aromatic N) is 2. The van der Waals surface area contributed by atoms with Gasteiger partial charge in [0.2, 0.25) is 17.7 Å². The van der Waals surface area contributed by atoms with Crippen molar-refractivity contribution in [2.75, 3.05) is 13.2 Å². The van der Waals surface area contributed by atoms with Gasteiger partial charge in [0.05, 0.1) is 24.6 Å². The third-order valence-corrected chi connectivity index (χ3v) is 11.0. The molecular formula is C40H40BrN3O7. The second kappa shape index (κ2) is 14.6. The minimum atomic E-state index is -1.53. The maximum absolute atomic E-state index is 15.2. The number of rotatable bonds is 6. The maximum Gasteiger partial charge on any atom is 0.313 e. The molecule has 3 amide bonds. The maximum atomic E-state index is 15.2. The molecule has 8 atom stereocenters. The quantitative estimate of drug-likeness (QED) is 0.275. The molecule has 4 aliphatic heterocycles. The summed E-state index contributed by atoms with van der Waals surface area (Å²) in [7, 11) is 0. The molecule has 2 N–H and O–H groups in total. The third kappa shape index (κ3) is 6.43. The van der Waals surface area contributed by atoms with Crippen molar-refractivity contribution in [2.24, 2.45) is 11.8 Å². The van der Waals surface area contributed by atoms with Gasteiger partial charge in [0.15, 0.2) is 0 Å². The van der Waals surface area contributed by atoms with Crippen LogP contribution in [0, 0.1) is 11.8 Å². The van der Waals surface area contributed by atoms with Crippen molar-refractivity contribution >= 4 is 39.6 Å². The smallest absolute Gasteiger partial charge is 0.313 e. The molecule has 10 nitrogen and oxygen atoms in total. The van der Waals surface area contributed by atoms with E-state index in [-0.39, 0.29) is 25.4 Å². The zero-order chi connectivity index (χ0) is 35.7. The summed E-state index contributed by atoms with van der Waals surface area (Å²) >= 11 is 3.62.